The van der Waals surface area contributed by atoms with Crippen molar-refractivity contribution in [3.05, 3.63) is 0 Å². The summed E-state index contributed by atoms with van der Waals surface area (Å²) in [5, 5.41) is 20.4. The molecule has 26 heavy (non-hydrogen) atoms. The van der Waals surface area contributed by atoms with Crippen molar-refractivity contribution < 1.29 is 10.2 Å². The summed E-state index contributed by atoms with van der Waals surface area (Å²) in [5.74, 6) is 3.55. The highest BCUT2D eigenvalue weighted by atomic mass is 16.3. The lowest BCUT2D eigenvalue weighted by Gasteiger charge is -2.32. The smallest absolute Gasteiger partial charge is 0.0545 e. The van der Waals surface area contributed by atoms with Gasteiger partial charge in [0.15, 0.2) is 0 Å². The second kappa shape index (κ2) is 13.2. The summed E-state index contributed by atoms with van der Waals surface area (Å²) < 4.78 is 0. The molecular formula is C24H48O2. The van der Waals surface area contributed by atoms with Crippen LogP contribution in [0.5, 0.6) is 0 Å². The molecular weight excluding hydrogens is 320 g/mol. The summed E-state index contributed by atoms with van der Waals surface area (Å²) in [6.45, 7) is 11.8. The predicted molar refractivity (Wildman–Crippen MR) is 113 cm³/mol. The predicted octanol–water partition coefficient (Wildman–Crippen LogP) is 6.58. The topological polar surface area (TPSA) is 40.5 Å². The molecule has 0 aliphatic heterocycles. The molecule has 156 valence electrons. The SMILES string of the molecule is CCCCC(CC(CCC)C(C)CC)C(C)CC(O)C[C@H]1CC[C@@H](O)C1. The van der Waals surface area contributed by atoms with E-state index >= 15 is 0 Å². The molecule has 0 aromatic rings. The summed E-state index contributed by atoms with van der Waals surface area (Å²) in [6.07, 6.45) is 13.6. The monoisotopic (exact) mass is 368 g/mol. The van der Waals surface area contributed by atoms with Crippen molar-refractivity contribution in [1.82, 2.24) is 0 Å². The van der Waals surface area contributed by atoms with Crippen molar-refractivity contribution in [2.45, 2.75) is 124 Å². The maximum Gasteiger partial charge on any atom is 0.0545 e. The fourth-order valence-corrected chi connectivity index (χ4v) is 5.19. The Morgan fingerprint density at radius 3 is 2.12 bits per heavy atom. The molecule has 0 saturated heterocycles. The van der Waals surface area contributed by atoms with Gasteiger partial charge >= 0.3 is 0 Å². The lowest BCUT2D eigenvalue weighted by Crippen LogP contribution is -2.24. The number of rotatable bonds is 14. The minimum atomic E-state index is -0.183. The van der Waals surface area contributed by atoms with E-state index in [0.29, 0.717) is 11.8 Å². The van der Waals surface area contributed by atoms with Crippen LogP contribution in [0.4, 0.5) is 0 Å². The normalized spacial score (nSPS) is 26.4. The second-order valence-electron chi connectivity index (χ2n) is 9.51. The quantitative estimate of drug-likeness (QED) is 0.363. The molecule has 1 rings (SSSR count). The van der Waals surface area contributed by atoms with Crippen LogP contribution in [0, 0.1) is 29.6 Å². The standard InChI is InChI=1S/C24H48O2/c1-6-9-11-22(17-21(10-7-2)18(4)8-3)19(5)14-24(26)16-20-12-13-23(25)15-20/h18-26H,6-17H2,1-5H3/t18?,19?,20-,21?,22?,23+,24?/m0/s1. The molecule has 0 aromatic heterocycles. The molecule has 2 heteroatoms. The summed E-state index contributed by atoms with van der Waals surface area (Å²) in [4.78, 5) is 0. The fraction of sp³-hybridized carbons (Fsp3) is 1.00. The van der Waals surface area contributed by atoms with Gasteiger partial charge in [0.2, 0.25) is 0 Å². The van der Waals surface area contributed by atoms with Crippen LogP contribution in [-0.2, 0) is 0 Å². The van der Waals surface area contributed by atoms with E-state index in [1.54, 1.807) is 0 Å². The van der Waals surface area contributed by atoms with E-state index in [1.807, 2.05) is 0 Å². The molecule has 7 atom stereocenters. The Labute approximate surface area is 164 Å². The summed E-state index contributed by atoms with van der Waals surface area (Å²) in [7, 11) is 0. The molecule has 1 aliphatic carbocycles. The maximum atomic E-state index is 10.7. The van der Waals surface area contributed by atoms with Gasteiger partial charge in [0.05, 0.1) is 12.2 Å². The molecule has 5 unspecified atom stereocenters. The molecule has 0 radical (unpaired) electrons. The van der Waals surface area contributed by atoms with Gasteiger partial charge in [0.25, 0.3) is 0 Å². The zero-order valence-electron chi connectivity index (χ0n) is 18.4. The van der Waals surface area contributed by atoms with E-state index < -0.39 is 0 Å². The Morgan fingerprint density at radius 2 is 1.58 bits per heavy atom. The highest BCUT2D eigenvalue weighted by Gasteiger charge is 2.28. The zero-order chi connectivity index (χ0) is 19.5. The third-order valence-corrected chi connectivity index (χ3v) is 7.21. The highest BCUT2D eigenvalue weighted by molar-refractivity contribution is 4.80. The van der Waals surface area contributed by atoms with Crippen LogP contribution < -0.4 is 0 Å². The van der Waals surface area contributed by atoms with E-state index in [-0.39, 0.29) is 12.2 Å². The molecule has 0 aromatic carbocycles. The van der Waals surface area contributed by atoms with Crippen LogP contribution in [0.3, 0.4) is 0 Å². The molecule has 2 N–H and O–H groups in total. The van der Waals surface area contributed by atoms with Crippen LogP contribution in [0.25, 0.3) is 0 Å². The highest BCUT2D eigenvalue weighted by Crippen LogP contribution is 2.36. The summed E-state index contributed by atoms with van der Waals surface area (Å²) in [5.41, 5.74) is 0. The molecule has 0 heterocycles. The minimum Gasteiger partial charge on any atom is -0.393 e. The van der Waals surface area contributed by atoms with Crippen molar-refractivity contribution in [3.63, 3.8) is 0 Å². The van der Waals surface area contributed by atoms with Crippen LogP contribution in [0.15, 0.2) is 0 Å². The largest absolute Gasteiger partial charge is 0.393 e. The van der Waals surface area contributed by atoms with Crippen molar-refractivity contribution in [2.24, 2.45) is 29.6 Å². The van der Waals surface area contributed by atoms with Crippen molar-refractivity contribution in [1.29, 1.82) is 0 Å². The van der Waals surface area contributed by atoms with Gasteiger partial charge in [-0.15, -0.1) is 0 Å². The van der Waals surface area contributed by atoms with E-state index in [2.05, 4.69) is 34.6 Å². The van der Waals surface area contributed by atoms with E-state index in [0.717, 1.165) is 49.9 Å². The van der Waals surface area contributed by atoms with E-state index in [9.17, 15) is 10.2 Å². The van der Waals surface area contributed by atoms with Gasteiger partial charge in [-0.2, -0.15) is 0 Å². The minimum absolute atomic E-state index is 0.118. The molecule has 1 aliphatic rings. The fourth-order valence-electron chi connectivity index (χ4n) is 5.19. The Hall–Kier alpha value is -0.0800. The Kier molecular flexibility index (Phi) is 12.1. The van der Waals surface area contributed by atoms with E-state index in [1.165, 1.54) is 44.9 Å². The van der Waals surface area contributed by atoms with E-state index in [4.69, 9.17) is 0 Å². The molecule has 2 nitrogen and oxygen atoms in total. The van der Waals surface area contributed by atoms with Gasteiger partial charge in [-0.25, -0.2) is 0 Å². The number of aliphatic hydroxyl groups excluding tert-OH is 2. The van der Waals surface area contributed by atoms with Crippen molar-refractivity contribution in [2.75, 3.05) is 0 Å². The third kappa shape index (κ3) is 8.74. The lowest BCUT2D eigenvalue weighted by atomic mass is 9.74. The first-order valence-electron chi connectivity index (χ1n) is 11.8. The van der Waals surface area contributed by atoms with Crippen LogP contribution in [-0.4, -0.2) is 22.4 Å². The molecule has 1 saturated carbocycles. The summed E-state index contributed by atoms with van der Waals surface area (Å²) >= 11 is 0. The molecule has 0 amide bonds. The lowest BCUT2D eigenvalue weighted by molar-refractivity contribution is 0.0900. The van der Waals surface area contributed by atoms with Crippen molar-refractivity contribution >= 4 is 0 Å². The van der Waals surface area contributed by atoms with Crippen LogP contribution >= 0.6 is 0 Å². The summed E-state index contributed by atoms with van der Waals surface area (Å²) in [6, 6.07) is 0. The number of aliphatic hydroxyl groups is 2. The van der Waals surface area contributed by atoms with Crippen LogP contribution in [0.1, 0.15) is 112 Å². The average Bonchev–Trinajstić information content (AvgIpc) is 3.01. The van der Waals surface area contributed by atoms with Gasteiger partial charge in [0.1, 0.15) is 0 Å². The number of hydrogen-bond acceptors (Lipinski definition) is 2. The first kappa shape index (κ1) is 24.0. The maximum absolute atomic E-state index is 10.7. The van der Waals surface area contributed by atoms with Gasteiger partial charge in [-0.1, -0.05) is 73.1 Å². The van der Waals surface area contributed by atoms with Crippen molar-refractivity contribution in [3.8, 4) is 0 Å². The Bertz CT molecular complexity index is 343. The molecule has 0 bridgehead atoms. The van der Waals surface area contributed by atoms with Gasteiger partial charge in [0, 0.05) is 0 Å². The molecule has 1 fully saturated rings. The Balaban J connectivity index is 2.58. The van der Waals surface area contributed by atoms with Gasteiger partial charge in [-0.3, -0.25) is 0 Å². The van der Waals surface area contributed by atoms with Gasteiger partial charge in [-0.05, 0) is 68.1 Å². The van der Waals surface area contributed by atoms with Crippen LogP contribution in [0.2, 0.25) is 0 Å². The molecule has 0 spiro atoms. The number of unbranched alkanes of at least 4 members (excludes halogenated alkanes) is 1. The third-order valence-electron chi connectivity index (χ3n) is 7.21. The zero-order valence-corrected chi connectivity index (χ0v) is 18.4. The second-order valence-corrected chi connectivity index (χ2v) is 9.51. The average molecular weight is 369 g/mol. The first-order valence-corrected chi connectivity index (χ1v) is 11.8. The first-order chi connectivity index (χ1) is 12.4. The van der Waals surface area contributed by atoms with Gasteiger partial charge < -0.3 is 10.2 Å². The Morgan fingerprint density at radius 1 is 0.885 bits per heavy atom. The number of hydrogen-bond donors (Lipinski definition) is 2.